The highest BCUT2D eigenvalue weighted by Crippen LogP contribution is 2.32. The van der Waals surface area contributed by atoms with Gasteiger partial charge in [-0.15, -0.1) is 12.4 Å². The van der Waals surface area contributed by atoms with Crippen LogP contribution in [-0.4, -0.2) is 62.9 Å². The van der Waals surface area contributed by atoms with Gasteiger partial charge in [-0.2, -0.15) is 0 Å². The molecule has 1 aromatic rings. The van der Waals surface area contributed by atoms with E-state index in [1.807, 2.05) is 0 Å². The van der Waals surface area contributed by atoms with Crippen molar-refractivity contribution in [2.75, 3.05) is 26.2 Å². The van der Waals surface area contributed by atoms with Crippen molar-refractivity contribution in [3.05, 3.63) is 29.3 Å². The number of halogens is 1. The van der Waals surface area contributed by atoms with Crippen molar-refractivity contribution in [1.29, 1.82) is 0 Å². The smallest absolute Gasteiger partial charge is 0.269 e. The molecule has 3 aliphatic rings. The molecule has 0 bridgehead atoms. The third-order valence-corrected chi connectivity index (χ3v) is 7.13. The lowest BCUT2D eigenvalue weighted by atomic mass is 10.1. The minimum absolute atomic E-state index is 0. The second-order valence-corrected chi connectivity index (χ2v) is 9.02. The van der Waals surface area contributed by atoms with Crippen LogP contribution in [-0.2, 0) is 14.8 Å². The topological polar surface area (TPSA) is 105 Å². The number of carbonyl (C=O) groups is 2. The largest absolute Gasteiger partial charge is 0.376 e. The summed E-state index contributed by atoms with van der Waals surface area (Å²) < 4.78 is 32.1. The fourth-order valence-corrected chi connectivity index (χ4v) is 5.43. The molecular formula is C18H24ClN3O5S. The van der Waals surface area contributed by atoms with E-state index in [1.165, 1.54) is 18.2 Å². The molecule has 3 heterocycles. The molecule has 0 aromatic heterocycles. The highest BCUT2D eigenvalue weighted by molar-refractivity contribution is 7.90. The van der Waals surface area contributed by atoms with Gasteiger partial charge in [0.2, 0.25) is 0 Å². The number of sulfonamides is 1. The van der Waals surface area contributed by atoms with E-state index in [0.717, 1.165) is 43.1 Å². The fraction of sp³-hybridized carbons (Fsp3) is 0.556. The molecule has 2 saturated heterocycles. The van der Waals surface area contributed by atoms with E-state index >= 15 is 0 Å². The molecule has 4 rings (SSSR count). The third kappa shape index (κ3) is 3.89. The van der Waals surface area contributed by atoms with Crippen LogP contribution in [0.2, 0.25) is 0 Å². The predicted octanol–water partition coefficient (Wildman–Crippen LogP) is 0.914. The van der Waals surface area contributed by atoms with Gasteiger partial charge in [0, 0.05) is 18.2 Å². The second-order valence-electron chi connectivity index (χ2n) is 7.18. The highest BCUT2D eigenvalue weighted by atomic mass is 35.5. The van der Waals surface area contributed by atoms with Crippen molar-refractivity contribution >= 4 is 34.2 Å². The normalized spacial score (nSPS) is 23.9. The summed E-state index contributed by atoms with van der Waals surface area (Å²) in [7, 11) is -3.96. The van der Waals surface area contributed by atoms with Gasteiger partial charge in [0.05, 0.1) is 18.2 Å². The average molecular weight is 430 g/mol. The molecule has 3 aliphatic heterocycles. The van der Waals surface area contributed by atoms with Crippen molar-refractivity contribution < 1.29 is 22.7 Å². The molecule has 28 heavy (non-hydrogen) atoms. The Morgan fingerprint density at radius 1 is 1.25 bits per heavy atom. The third-order valence-electron chi connectivity index (χ3n) is 5.34. The van der Waals surface area contributed by atoms with Gasteiger partial charge in [-0.25, -0.2) is 12.7 Å². The van der Waals surface area contributed by atoms with E-state index in [0.29, 0.717) is 6.61 Å². The van der Waals surface area contributed by atoms with Crippen molar-refractivity contribution in [2.45, 2.75) is 42.7 Å². The number of piperidine rings is 1. The van der Waals surface area contributed by atoms with E-state index < -0.39 is 15.9 Å². The van der Waals surface area contributed by atoms with Crippen molar-refractivity contribution in [3.63, 3.8) is 0 Å². The number of hydrogen-bond donors (Lipinski definition) is 2. The first-order chi connectivity index (χ1) is 13.0. The number of carbonyl (C=O) groups excluding carboxylic acids is 2. The average Bonchev–Trinajstić information content (AvgIpc) is 3.24. The van der Waals surface area contributed by atoms with Gasteiger partial charge in [0.1, 0.15) is 4.90 Å². The number of nitrogens with zero attached hydrogens (tertiary/aromatic N) is 1. The monoisotopic (exact) mass is 429 g/mol. The lowest BCUT2D eigenvalue weighted by Gasteiger charge is -2.23. The molecule has 154 valence electrons. The molecule has 10 heteroatoms. The van der Waals surface area contributed by atoms with Gasteiger partial charge in [0.25, 0.3) is 21.8 Å². The molecule has 2 N–H and O–H groups in total. The van der Waals surface area contributed by atoms with Gasteiger partial charge in [-0.1, -0.05) is 0 Å². The molecule has 2 fully saturated rings. The van der Waals surface area contributed by atoms with Crippen molar-refractivity contribution in [1.82, 2.24) is 14.9 Å². The van der Waals surface area contributed by atoms with Gasteiger partial charge in [0.15, 0.2) is 0 Å². The SMILES string of the molecule is Cl.O=C(NC1CCNCC1)c1ccc2c(c1)S(=O)(=O)N(CC1CCCO1)C2=O. The minimum Gasteiger partial charge on any atom is -0.376 e. The Kier molecular flexibility index (Phi) is 6.28. The van der Waals surface area contributed by atoms with E-state index in [9.17, 15) is 18.0 Å². The van der Waals surface area contributed by atoms with Crippen LogP contribution in [0.15, 0.2) is 23.1 Å². The van der Waals surface area contributed by atoms with Gasteiger partial charge >= 0.3 is 0 Å². The minimum atomic E-state index is -3.96. The Balaban J connectivity index is 0.00000225. The number of fused-ring (bicyclic) bond motifs is 1. The van der Waals surface area contributed by atoms with Crippen LogP contribution < -0.4 is 10.6 Å². The fourth-order valence-electron chi connectivity index (χ4n) is 3.81. The maximum absolute atomic E-state index is 12.9. The maximum atomic E-state index is 12.9. The lowest BCUT2D eigenvalue weighted by Crippen LogP contribution is -2.42. The standard InChI is InChI=1S/C18H23N3O5S.ClH/c22-17(20-13-5-7-19-8-6-13)12-3-4-15-16(10-12)27(24,25)21(18(15)23)11-14-2-1-9-26-14;/h3-4,10,13-14,19H,1-2,5-9,11H2,(H,20,22);1H. The second kappa shape index (κ2) is 8.36. The Morgan fingerprint density at radius 2 is 2.00 bits per heavy atom. The Labute approximate surface area is 170 Å². The molecule has 1 aromatic carbocycles. The summed E-state index contributed by atoms with van der Waals surface area (Å²) in [5.41, 5.74) is 0.369. The number of benzene rings is 1. The summed E-state index contributed by atoms with van der Waals surface area (Å²) in [6, 6.07) is 4.33. The number of amides is 2. The highest BCUT2D eigenvalue weighted by Gasteiger charge is 2.43. The lowest BCUT2D eigenvalue weighted by molar-refractivity contribution is 0.0707. The molecular weight excluding hydrogens is 406 g/mol. The Hall–Kier alpha value is -1.68. The van der Waals surface area contributed by atoms with Gasteiger partial charge in [-0.3, -0.25) is 9.59 Å². The van der Waals surface area contributed by atoms with E-state index in [-0.39, 0.29) is 53.0 Å². The van der Waals surface area contributed by atoms with Gasteiger partial charge < -0.3 is 15.4 Å². The molecule has 0 saturated carbocycles. The number of rotatable bonds is 4. The molecule has 0 aliphatic carbocycles. The van der Waals surface area contributed by atoms with E-state index in [1.54, 1.807) is 0 Å². The molecule has 0 radical (unpaired) electrons. The van der Waals surface area contributed by atoms with Gasteiger partial charge in [-0.05, 0) is 57.0 Å². The van der Waals surface area contributed by atoms with Crippen molar-refractivity contribution in [2.24, 2.45) is 0 Å². The maximum Gasteiger partial charge on any atom is 0.269 e. The first-order valence-electron chi connectivity index (χ1n) is 9.31. The zero-order valence-electron chi connectivity index (χ0n) is 15.3. The zero-order chi connectivity index (χ0) is 19.0. The van der Waals surface area contributed by atoms with Crippen LogP contribution in [0.1, 0.15) is 46.4 Å². The molecule has 1 atom stereocenters. The summed E-state index contributed by atoms with van der Waals surface area (Å²) in [6.45, 7) is 2.29. The summed E-state index contributed by atoms with van der Waals surface area (Å²) in [4.78, 5) is 25.0. The molecule has 2 amide bonds. The Bertz CT molecular complexity index is 864. The molecule has 8 nitrogen and oxygen atoms in total. The predicted molar refractivity (Wildman–Crippen MR) is 104 cm³/mol. The molecule has 0 spiro atoms. The summed E-state index contributed by atoms with van der Waals surface area (Å²) in [5.74, 6) is -0.865. The van der Waals surface area contributed by atoms with Crippen LogP contribution in [0.4, 0.5) is 0 Å². The summed E-state index contributed by atoms with van der Waals surface area (Å²) in [5, 5.41) is 6.17. The van der Waals surface area contributed by atoms with Crippen LogP contribution in [0, 0.1) is 0 Å². The van der Waals surface area contributed by atoms with Crippen LogP contribution in [0.25, 0.3) is 0 Å². The first kappa shape index (κ1) is 21.0. The number of hydrogen-bond acceptors (Lipinski definition) is 6. The van der Waals surface area contributed by atoms with E-state index in [4.69, 9.17) is 4.74 Å². The van der Waals surface area contributed by atoms with Crippen LogP contribution >= 0.6 is 12.4 Å². The van der Waals surface area contributed by atoms with Crippen molar-refractivity contribution in [3.8, 4) is 0 Å². The van der Waals surface area contributed by atoms with Crippen LogP contribution in [0.5, 0.6) is 0 Å². The summed E-state index contributed by atoms with van der Waals surface area (Å²) in [6.07, 6.45) is 3.01. The van der Waals surface area contributed by atoms with E-state index in [2.05, 4.69) is 10.6 Å². The number of ether oxygens (including phenoxy) is 1. The first-order valence-corrected chi connectivity index (χ1v) is 10.7. The number of nitrogens with one attached hydrogen (secondary N) is 2. The Morgan fingerprint density at radius 3 is 2.68 bits per heavy atom. The van der Waals surface area contributed by atoms with Crippen LogP contribution in [0.3, 0.4) is 0 Å². The molecule has 1 unspecified atom stereocenters. The summed E-state index contributed by atoms with van der Waals surface area (Å²) >= 11 is 0. The quantitative estimate of drug-likeness (QED) is 0.737. The zero-order valence-corrected chi connectivity index (χ0v) is 17.0.